The normalized spacial score (nSPS) is 11.1. The van der Waals surface area contributed by atoms with Crippen LogP contribution in [0.3, 0.4) is 0 Å². The van der Waals surface area contributed by atoms with Crippen LogP contribution in [0.4, 0.5) is 10.1 Å². The Hall–Kier alpha value is -2.35. The van der Waals surface area contributed by atoms with Crippen molar-refractivity contribution in [2.24, 2.45) is 0 Å². The molecule has 25 heavy (non-hydrogen) atoms. The number of nitrogen functional groups attached to an aromatic ring is 1. The minimum Gasteiger partial charge on any atom is -0.398 e. The number of nitrogens with two attached hydrogens (primary N) is 1. The molecule has 1 aromatic heterocycles. The molecule has 0 aliphatic rings. The van der Waals surface area contributed by atoms with Gasteiger partial charge in [0.1, 0.15) is 11.9 Å². The number of aromatic nitrogens is 1. The maximum Gasteiger partial charge on any atom is 0.172 e. The van der Waals surface area contributed by atoms with Crippen LogP contribution in [0, 0.1) is 17.1 Å². The molecule has 0 fully saturated rings. The first kappa shape index (κ1) is 19.0. The highest BCUT2D eigenvalue weighted by molar-refractivity contribution is 5.79. The number of halogens is 1. The van der Waals surface area contributed by atoms with Gasteiger partial charge in [0, 0.05) is 16.7 Å². The quantitative estimate of drug-likeness (QED) is 0.687. The van der Waals surface area contributed by atoms with Crippen molar-refractivity contribution in [2.75, 3.05) is 5.73 Å². The Balaban J connectivity index is 2.79. The Kier molecular flexibility index (Phi) is 6.19. The molecule has 0 atom stereocenters. The zero-order valence-corrected chi connectivity index (χ0v) is 15.4. The highest BCUT2D eigenvalue weighted by atomic mass is 19.1. The number of hydrogen-bond donors (Lipinski definition) is 1. The van der Waals surface area contributed by atoms with E-state index < -0.39 is 5.82 Å². The van der Waals surface area contributed by atoms with Crippen LogP contribution in [0.15, 0.2) is 10.6 Å². The van der Waals surface area contributed by atoms with Crippen LogP contribution in [-0.2, 0) is 12.8 Å². The van der Waals surface area contributed by atoms with E-state index in [0.717, 1.165) is 36.9 Å². The summed E-state index contributed by atoms with van der Waals surface area (Å²) in [5.41, 5.74) is 9.14. The van der Waals surface area contributed by atoms with Gasteiger partial charge in [0.05, 0.1) is 16.9 Å². The largest absolute Gasteiger partial charge is 0.398 e. The third kappa shape index (κ3) is 3.68. The van der Waals surface area contributed by atoms with Gasteiger partial charge < -0.3 is 10.3 Å². The lowest BCUT2D eigenvalue weighted by Gasteiger charge is -2.14. The minimum absolute atomic E-state index is 0.138. The predicted octanol–water partition coefficient (Wildman–Crippen LogP) is 5.35. The number of anilines is 1. The molecule has 134 valence electrons. The van der Waals surface area contributed by atoms with Crippen molar-refractivity contribution in [2.45, 2.75) is 65.7 Å². The number of hydrogen-bond acceptors (Lipinski definition) is 4. The number of nitriles is 1. The molecule has 1 heterocycles. The van der Waals surface area contributed by atoms with Crippen molar-refractivity contribution in [1.82, 2.24) is 5.16 Å². The van der Waals surface area contributed by atoms with E-state index in [-0.39, 0.29) is 17.2 Å². The molecule has 0 aliphatic heterocycles. The molecule has 2 N–H and O–H groups in total. The summed E-state index contributed by atoms with van der Waals surface area (Å²) in [7, 11) is 0. The van der Waals surface area contributed by atoms with Gasteiger partial charge in [0.15, 0.2) is 5.76 Å². The minimum atomic E-state index is -0.391. The third-order valence-corrected chi connectivity index (χ3v) is 4.40. The van der Waals surface area contributed by atoms with Gasteiger partial charge in [0.2, 0.25) is 0 Å². The lowest BCUT2D eigenvalue weighted by molar-refractivity contribution is 0.419. The van der Waals surface area contributed by atoms with E-state index >= 15 is 0 Å². The summed E-state index contributed by atoms with van der Waals surface area (Å²) in [6.45, 7) is 8.19. The summed E-state index contributed by atoms with van der Waals surface area (Å²) in [5.74, 6) is 0.302. The Labute approximate surface area is 148 Å². The number of nitrogens with zero attached hydrogens (tertiary/aromatic N) is 2. The molecule has 1 aromatic carbocycles. The van der Waals surface area contributed by atoms with Crippen LogP contribution >= 0.6 is 0 Å². The molecular weight excluding hydrogens is 317 g/mol. The third-order valence-electron chi connectivity index (χ3n) is 4.40. The Bertz CT molecular complexity index is 787. The summed E-state index contributed by atoms with van der Waals surface area (Å²) in [5, 5.41) is 13.8. The first-order chi connectivity index (χ1) is 12.0. The second kappa shape index (κ2) is 8.15. The van der Waals surface area contributed by atoms with Gasteiger partial charge in [0.25, 0.3) is 0 Å². The van der Waals surface area contributed by atoms with Crippen LogP contribution in [0.25, 0.3) is 11.3 Å². The van der Waals surface area contributed by atoms with Crippen LogP contribution in [0.2, 0.25) is 0 Å². The number of benzene rings is 1. The van der Waals surface area contributed by atoms with Crippen molar-refractivity contribution < 1.29 is 8.91 Å². The van der Waals surface area contributed by atoms with Gasteiger partial charge in [-0.25, -0.2) is 4.39 Å². The van der Waals surface area contributed by atoms with E-state index in [1.165, 1.54) is 6.07 Å². The molecule has 0 saturated heterocycles. The maximum atomic E-state index is 14.6. The second-order valence-corrected chi connectivity index (χ2v) is 6.67. The van der Waals surface area contributed by atoms with E-state index in [4.69, 9.17) is 10.3 Å². The number of unbranched alkanes of at least 4 members (excludes halogenated alkanes) is 1. The molecule has 0 unspecified atom stereocenters. The summed E-state index contributed by atoms with van der Waals surface area (Å²) in [4.78, 5) is 0. The standard InChI is InChI=1S/C20H26FN3O/c1-5-7-9-14-19(12(3)4)24-25-20(14)18-13(8-6-2)16(21)10-17(23)15(18)11-22/h10,12H,5-9,23H2,1-4H3. The Morgan fingerprint density at radius 2 is 1.96 bits per heavy atom. The van der Waals surface area contributed by atoms with Crippen molar-refractivity contribution in [3.05, 3.63) is 34.3 Å². The smallest absolute Gasteiger partial charge is 0.172 e. The molecule has 4 nitrogen and oxygen atoms in total. The average molecular weight is 343 g/mol. The Morgan fingerprint density at radius 3 is 2.52 bits per heavy atom. The molecule has 5 heteroatoms. The molecule has 0 saturated carbocycles. The van der Waals surface area contributed by atoms with Crippen LogP contribution in [0.5, 0.6) is 0 Å². The van der Waals surface area contributed by atoms with E-state index in [2.05, 4.69) is 32.0 Å². The van der Waals surface area contributed by atoms with Gasteiger partial charge in [-0.3, -0.25) is 0 Å². The number of rotatable bonds is 7. The molecule has 0 bridgehead atoms. The molecular formula is C20H26FN3O. The zero-order chi connectivity index (χ0) is 18.6. The second-order valence-electron chi connectivity index (χ2n) is 6.67. The van der Waals surface area contributed by atoms with E-state index in [0.29, 0.717) is 23.3 Å². The molecule has 0 amide bonds. The van der Waals surface area contributed by atoms with Crippen molar-refractivity contribution in [3.8, 4) is 17.4 Å². The summed E-state index contributed by atoms with van der Waals surface area (Å²) in [6, 6.07) is 3.37. The summed E-state index contributed by atoms with van der Waals surface area (Å²) in [6.07, 6.45) is 4.06. The van der Waals surface area contributed by atoms with E-state index in [1.807, 2.05) is 6.92 Å². The van der Waals surface area contributed by atoms with Crippen molar-refractivity contribution >= 4 is 5.69 Å². The van der Waals surface area contributed by atoms with Crippen molar-refractivity contribution in [3.63, 3.8) is 0 Å². The van der Waals surface area contributed by atoms with Gasteiger partial charge in [-0.1, -0.05) is 45.7 Å². The van der Waals surface area contributed by atoms with Gasteiger partial charge >= 0.3 is 0 Å². The lowest BCUT2D eigenvalue weighted by atomic mass is 9.90. The molecule has 0 spiro atoms. The van der Waals surface area contributed by atoms with Crippen LogP contribution in [-0.4, -0.2) is 5.16 Å². The molecule has 0 radical (unpaired) electrons. The fourth-order valence-electron chi connectivity index (χ4n) is 3.14. The van der Waals surface area contributed by atoms with Crippen molar-refractivity contribution in [1.29, 1.82) is 5.26 Å². The summed E-state index contributed by atoms with van der Waals surface area (Å²) < 4.78 is 20.3. The zero-order valence-electron chi connectivity index (χ0n) is 15.4. The first-order valence-corrected chi connectivity index (χ1v) is 8.95. The highest BCUT2D eigenvalue weighted by Gasteiger charge is 2.26. The maximum absolute atomic E-state index is 14.6. The fraction of sp³-hybridized carbons (Fsp3) is 0.500. The summed E-state index contributed by atoms with van der Waals surface area (Å²) >= 11 is 0. The highest BCUT2D eigenvalue weighted by Crippen LogP contribution is 2.39. The van der Waals surface area contributed by atoms with Crippen LogP contribution in [0.1, 0.15) is 75.3 Å². The SMILES string of the molecule is CCCCc1c(C(C)C)noc1-c1c(C#N)c(N)cc(F)c1CCC. The van der Waals surface area contributed by atoms with Crippen LogP contribution < -0.4 is 5.73 Å². The average Bonchev–Trinajstić information content (AvgIpc) is 2.98. The predicted molar refractivity (Wildman–Crippen MR) is 97.7 cm³/mol. The molecule has 2 rings (SSSR count). The van der Waals surface area contributed by atoms with Gasteiger partial charge in [-0.15, -0.1) is 0 Å². The Morgan fingerprint density at radius 1 is 1.24 bits per heavy atom. The van der Waals surface area contributed by atoms with E-state index in [9.17, 15) is 9.65 Å². The van der Waals surface area contributed by atoms with Gasteiger partial charge in [-0.05, 0) is 31.2 Å². The molecule has 0 aliphatic carbocycles. The van der Waals surface area contributed by atoms with E-state index in [1.54, 1.807) is 0 Å². The fourth-order valence-corrected chi connectivity index (χ4v) is 3.14. The topological polar surface area (TPSA) is 75.8 Å². The molecule has 2 aromatic rings. The first-order valence-electron chi connectivity index (χ1n) is 8.95. The monoisotopic (exact) mass is 343 g/mol. The van der Waals surface area contributed by atoms with Gasteiger partial charge in [-0.2, -0.15) is 5.26 Å². The lowest BCUT2D eigenvalue weighted by Crippen LogP contribution is -2.04.